The average molecular weight is 435 g/mol. The van der Waals surface area contributed by atoms with Gasteiger partial charge >= 0.3 is 0 Å². The standard InChI is InChI=1S/C23H30N8O/c1-6-7-12-31-19(20(25-4)29-22(31)30(5)15-23(2,3)24)21(32)28-14-16-8-9-17-18(13-16)27-11-10-26-17/h8-11,13,25H,12,14-15,24H2,1-5H3,(H,28,32). The van der Waals surface area contributed by atoms with E-state index in [1.807, 2.05) is 48.6 Å². The molecule has 1 amide bonds. The average Bonchev–Trinajstić information content (AvgIpc) is 3.13. The Kier molecular flexibility index (Phi) is 6.95. The summed E-state index contributed by atoms with van der Waals surface area (Å²) in [6, 6.07) is 5.74. The van der Waals surface area contributed by atoms with Gasteiger partial charge in [-0.05, 0) is 38.5 Å². The predicted octanol–water partition coefficient (Wildman–Crippen LogP) is 1.99. The van der Waals surface area contributed by atoms with Crippen LogP contribution in [0.2, 0.25) is 0 Å². The van der Waals surface area contributed by atoms with Crippen LogP contribution < -0.4 is 21.3 Å². The Balaban J connectivity index is 1.89. The van der Waals surface area contributed by atoms with E-state index in [9.17, 15) is 4.79 Å². The number of aromatic nitrogens is 4. The first-order valence-electron chi connectivity index (χ1n) is 10.4. The number of rotatable bonds is 8. The van der Waals surface area contributed by atoms with Crippen molar-refractivity contribution in [3.63, 3.8) is 0 Å². The summed E-state index contributed by atoms with van der Waals surface area (Å²) in [5, 5.41) is 6.03. The first-order valence-corrected chi connectivity index (χ1v) is 10.4. The maximum Gasteiger partial charge on any atom is 0.272 e. The minimum absolute atomic E-state index is 0.245. The van der Waals surface area contributed by atoms with Gasteiger partial charge in [0.05, 0.1) is 17.6 Å². The molecule has 0 saturated heterocycles. The van der Waals surface area contributed by atoms with Crippen LogP contribution in [0.25, 0.3) is 11.0 Å². The van der Waals surface area contributed by atoms with Gasteiger partial charge in [0, 0.05) is 45.1 Å². The fourth-order valence-corrected chi connectivity index (χ4v) is 3.51. The van der Waals surface area contributed by atoms with E-state index < -0.39 is 5.54 Å². The lowest BCUT2D eigenvalue weighted by molar-refractivity contribution is 0.0943. The van der Waals surface area contributed by atoms with Crippen molar-refractivity contribution in [2.45, 2.75) is 39.4 Å². The van der Waals surface area contributed by atoms with Crippen molar-refractivity contribution in [3.05, 3.63) is 41.9 Å². The molecule has 0 atom stereocenters. The van der Waals surface area contributed by atoms with Crippen LogP contribution in [-0.2, 0) is 13.1 Å². The molecule has 168 valence electrons. The first kappa shape index (κ1) is 23.0. The van der Waals surface area contributed by atoms with Crippen molar-refractivity contribution < 1.29 is 4.79 Å². The first-order chi connectivity index (χ1) is 15.2. The highest BCUT2D eigenvalue weighted by Gasteiger charge is 2.26. The lowest BCUT2D eigenvalue weighted by Crippen LogP contribution is -2.44. The Morgan fingerprint density at radius 3 is 2.62 bits per heavy atom. The van der Waals surface area contributed by atoms with E-state index >= 15 is 0 Å². The second kappa shape index (κ2) is 9.66. The van der Waals surface area contributed by atoms with Crippen molar-refractivity contribution in [1.82, 2.24) is 24.8 Å². The number of carbonyl (C=O) groups excluding carboxylic acids is 1. The molecule has 9 heteroatoms. The Hall–Kier alpha value is -3.64. The minimum atomic E-state index is -0.427. The van der Waals surface area contributed by atoms with Crippen LogP contribution >= 0.6 is 0 Å². The van der Waals surface area contributed by atoms with Crippen molar-refractivity contribution >= 4 is 28.7 Å². The summed E-state index contributed by atoms with van der Waals surface area (Å²) in [5.74, 6) is 6.80. The molecular formula is C23H30N8O. The highest BCUT2D eigenvalue weighted by Crippen LogP contribution is 2.24. The van der Waals surface area contributed by atoms with Crippen LogP contribution in [0.1, 0.15) is 36.8 Å². The van der Waals surface area contributed by atoms with Crippen LogP contribution in [0.4, 0.5) is 11.8 Å². The van der Waals surface area contributed by atoms with Gasteiger partial charge in [-0.15, -0.1) is 5.92 Å². The number of fused-ring (bicyclic) bond motifs is 1. The molecule has 0 spiro atoms. The molecule has 0 aliphatic heterocycles. The van der Waals surface area contributed by atoms with E-state index in [1.54, 1.807) is 26.4 Å². The number of anilines is 2. The quantitative estimate of drug-likeness (QED) is 0.465. The molecular weight excluding hydrogens is 404 g/mol. The van der Waals surface area contributed by atoms with Crippen molar-refractivity contribution in [2.75, 3.05) is 30.9 Å². The van der Waals surface area contributed by atoms with Crippen LogP contribution in [0, 0.1) is 11.8 Å². The van der Waals surface area contributed by atoms with Gasteiger partial charge in [-0.1, -0.05) is 12.0 Å². The smallest absolute Gasteiger partial charge is 0.272 e. The molecule has 3 aromatic rings. The maximum absolute atomic E-state index is 13.2. The zero-order valence-corrected chi connectivity index (χ0v) is 19.2. The number of nitrogens with zero attached hydrogens (tertiary/aromatic N) is 5. The molecule has 0 unspecified atom stereocenters. The number of carbonyl (C=O) groups is 1. The lowest BCUT2D eigenvalue weighted by atomic mass is 10.1. The SMILES string of the molecule is CC#CCn1c(N(C)CC(C)(C)N)nc(NC)c1C(=O)NCc1ccc2nccnc2c1. The molecule has 0 saturated carbocycles. The third kappa shape index (κ3) is 5.34. The summed E-state index contributed by atoms with van der Waals surface area (Å²) in [4.78, 5) is 28.4. The van der Waals surface area contributed by atoms with E-state index in [0.29, 0.717) is 37.1 Å². The summed E-state index contributed by atoms with van der Waals surface area (Å²) >= 11 is 0. The van der Waals surface area contributed by atoms with Crippen LogP contribution in [0.3, 0.4) is 0 Å². The summed E-state index contributed by atoms with van der Waals surface area (Å²) in [6.07, 6.45) is 3.31. The second-order valence-electron chi connectivity index (χ2n) is 8.28. The van der Waals surface area contributed by atoms with Gasteiger partial charge in [-0.25, -0.2) is 0 Å². The Labute approximate surface area is 188 Å². The number of nitrogens with one attached hydrogen (secondary N) is 2. The number of nitrogens with two attached hydrogens (primary N) is 1. The highest BCUT2D eigenvalue weighted by molar-refractivity contribution is 5.98. The van der Waals surface area contributed by atoms with E-state index in [-0.39, 0.29) is 5.91 Å². The van der Waals surface area contributed by atoms with Crippen molar-refractivity contribution in [3.8, 4) is 11.8 Å². The monoisotopic (exact) mass is 434 g/mol. The van der Waals surface area contributed by atoms with Crippen LogP contribution in [0.15, 0.2) is 30.6 Å². The highest BCUT2D eigenvalue weighted by atomic mass is 16.2. The van der Waals surface area contributed by atoms with Gasteiger partial charge in [0.1, 0.15) is 0 Å². The topological polar surface area (TPSA) is 114 Å². The Morgan fingerprint density at radius 1 is 1.25 bits per heavy atom. The second-order valence-corrected chi connectivity index (χ2v) is 8.28. The van der Waals surface area contributed by atoms with Crippen LogP contribution in [-0.4, -0.2) is 51.6 Å². The maximum atomic E-state index is 13.2. The number of amides is 1. The number of imidazole rings is 1. The van der Waals surface area contributed by atoms with E-state index in [2.05, 4.69) is 37.4 Å². The molecule has 32 heavy (non-hydrogen) atoms. The van der Waals surface area contributed by atoms with Gasteiger partial charge in [0.25, 0.3) is 5.91 Å². The number of hydrogen-bond acceptors (Lipinski definition) is 7. The lowest BCUT2D eigenvalue weighted by Gasteiger charge is -2.27. The van der Waals surface area contributed by atoms with Gasteiger partial charge in [-0.3, -0.25) is 19.3 Å². The number of benzene rings is 1. The summed E-state index contributed by atoms with van der Waals surface area (Å²) in [5.41, 5.74) is 8.72. The predicted molar refractivity (Wildman–Crippen MR) is 127 cm³/mol. The van der Waals surface area contributed by atoms with E-state index in [4.69, 9.17) is 5.73 Å². The molecule has 0 fully saturated rings. The van der Waals surface area contributed by atoms with Crippen molar-refractivity contribution in [1.29, 1.82) is 0 Å². The molecule has 1 aromatic carbocycles. The fraction of sp³-hybridized carbons (Fsp3) is 0.391. The molecule has 0 aliphatic carbocycles. The zero-order chi connectivity index (χ0) is 23.3. The molecule has 3 rings (SSSR count). The van der Waals surface area contributed by atoms with Gasteiger partial charge in [-0.2, -0.15) is 4.98 Å². The number of hydrogen-bond donors (Lipinski definition) is 3. The summed E-state index contributed by atoms with van der Waals surface area (Å²) in [6.45, 7) is 6.91. The summed E-state index contributed by atoms with van der Waals surface area (Å²) in [7, 11) is 3.65. The molecule has 4 N–H and O–H groups in total. The fourth-order valence-electron chi connectivity index (χ4n) is 3.51. The summed E-state index contributed by atoms with van der Waals surface area (Å²) < 4.78 is 1.81. The third-order valence-corrected chi connectivity index (χ3v) is 4.79. The largest absolute Gasteiger partial charge is 0.371 e. The van der Waals surface area contributed by atoms with Crippen molar-refractivity contribution in [2.24, 2.45) is 5.73 Å². The van der Waals surface area contributed by atoms with E-state index in [1.165, 1.54) is 0 Å². The van der Waals surface area contributed by atoms with E-state index in [0.717, 1.165) is 16.6 Å². The molecule has 0 radical (unpaired) electrons. The van der Waals surface area contributed by atoms with Crippen LogP contribution in [0.5, 0.6) is 0 Å². The zero-order valence-electron chi connectivity index (χ0n) is 19.2. The molecule has 0 aliphatic rings. The Morgan fingerprint density at radius 2 is 1.97 bits per heavy atom. The molecule has 2 heterocycles. The molecule has 0 bridgehead atoms. The van der Waals surface area contributed by atoms with Gasteiger partial charge < -0.3 is 21.3 Å². The third-order valence-electron chi connectivity index (χ3n) is 4.79. The number of likely N-dealkylation sites (N-methyl/N-ethyl adjacent to an activating group) is 1. The molecule has 9 nitrogen and oxygen atoms in total. The normalized spacial score (nSPS) is 11.1. The van der Waals surface area contributed by atoms with Gasteiger partial charge in [0.15, 0.2) is 11.5 Å². The Bertz CT molecular complexity index is 1170. The van der Waals surface area contributed by atoms with Gasteiger partial charge in [0.2, 0.25) is 5.95 Å². The molecule has 2 aromatic heterocycles. The minimum Gasteiger partial charge on any atom is -0.371 e.